The molecule has 1 aromatic heterocycles. The van der Waals surface area contributed by atoms with Crippen molar-refractivity contribution >= 4 is 17.4 Å². The first-order valence-electron chi connectivity index (χ1n) is 5.82. The zero-order valence-electron chi connectivity index (χ0n) is 10.2. The molecule has 0 saturated heterocycles. The summed E-state index contributed by atoms with van der Waals surface area (Å²) in [5.41, 5.74) is 9.34. The molecule has 3 nitrogen and oxygen atoms in total. The number of Topliss-reactive ketones (excluding diaryl/α,β-unsaturated/α-hetero) is 1. The smallest absolute Gasteiger partial charge is 0.178 e. The van der Waals surface area contributed by atoms with E-state index in [1.807, 2.05) is 0 Å². The monoisotopic (exact) mass is 262 g/mol. The Labute approximate surface area is 111 Å². The van der Waals surface area contributed by atoms with Crippen molar-refractivity contribution in [3.63, 3.8) is 0 Å². The van der Waals surface area contributed by atoms with Crippen molar-refractivity contribution in [3.8, 4) is 0 Å². The number of hydrogen-bond acceptors (Lipinski definition) is 3. The summed E-state index contributed by atoms with van der Waals surface area (Å²) < 4.78 is 0. The lowest BCUT2D eigenvalue weighted by atomic mass is 9.97. The van der Waals surface area contributed by atoms with Gasteiger partial charge in [-0.25, -0.2) is 4.98 Å². The molecule has 2 rings (SSSR count). The summed E-state index contributed by atoms with van der Waals surface area (Å²) in [6, 6.07) is 3.10. The van der Waals surface area contributed by atoms with Crippen LogP contribution in [0.25, 0.3) is 0 Å². The van der Waals surface area contributed by atoms with Crippen LogP contribution in [0.1, 0.15) is 41.9 Å². The summed E-state index contributed by atoms with van der Waals surface area (Å²) in [6.45, 7) is 5.45. The fraction of sp³-hybridized carbons (Fsp3) is 0.286. The Morgan fingerprint density at radius 1 is 1.56 bits per heavy atom. The van der Waals surface area contributed by atoms with Crippen LogP contribution in [0.4, 0.5) is 0 Å². The van der Waals surface area contributed by atoms with Gasteiger partial charge in [-0.3, -0.25) is 4.79 Å². The largest absolute Gasteiger partial charge is 0.320 e. The minimum atomic E-state index is -0.319. The third kappa shape index (κ3) is 2.37. The van der Waals surface area contributed by atoms with Gasteiger partial charge in [-0.05, 0) is 24.5 Å². The van der Waals surface area contributed by atoms with Crippen LogP contribution in [0.2, 0.25) is 5.15 Å². The summed E-state index contributed by atoms with van der Waals surface area (Å²) in [5.74, 6) is -0.110. The van der Waals surface area contributed by atoms with E-state index in [4.69, 9.17) is 17.3 Å². The molecule has 4 heteroatoms. The van der Waals surface area contributed by atoms with Gasteiger partial charge in [-0.1, -0.05) is 35.9 Å². The topological polar surface area (TPSA) is 56.0 Å². The molecular weight excluding hydrogens is 248 g/mol. The Kier molecular flexibility index (Phi) is 3.64. The average molecular weight is 263 g/mol. The summed E-state index contributed by atoms with van der Waals surface area (Å²) in [4.78, 5) is 15.3. The molecule has 0 spiro atoms. The van der Waals surface area contributed by atoms with Gasteiger partial charge < -0.3 is 5.73 Å². The van der Waals surface area contributed by atoms with E-state index in [0.717, 1.165) is 29.6 Å². The van der Waals surface area contributed by atoms with E-state index in [1.54, 1.807) is 12.1 Å². The average Bonchev–Trinajstić information content (AvgIpc) is 2.74. The maximum absolute atomic E-state index is 11.2. The van der Waals surface area contributed by atoms with Crippen LogP contribution in [0.15, 0.2) is 35.9 Å². The van der Waals surface area contributed by atoms with Gasteiger partial charge in [0.1, 0.15) is 10.8 Å². The Morgan fingerprint density at radius 3 is 2.78 bits per heavy atom. The van der Waals surface area contributed by atoms with Crippen LogP contribution < -0.4 is 5.73 Å². The van der Waals surface area contributed by atoms with Crippen LogP contribution in [0.5, 0.6) is 0 Å². The number of allylic oxidation sites excluding steroid dienone is 1. The van der Waals surface area contributed by atoms with Gasteiger partial charge in [0.15, 0.2) is 5.78 Å². The molecule has 1 unspecified atom stereocenters. The lowest BCUT2D eigenvalue weighted by molar-refractivity contribution is 0.101. The van der Waals surface area contributed by atoms with E-state index in [0.29, 0.717) is 5.69 Å². The number of rotatable bonds is 3. The molecular formula is C14H15ClN2O. The van der Waals surface area contributed by atoms with E-state index < -0.39 is 0 Å². The second-order valence-electron chi connectivity index (χ2n) is 4.41. The van der Waals surface area contributed by atoms with Crippen LogP contribution >= 0.6 is 11.6 Å². The minimum absolute atomic E-state index is 0.110. The van der Waals surface area contributed by atoms with E-state index in [-0.39, 0.29) is 17.0 Å². The SMILES string of the molecule is C=C1CCC=C1C(N)c1ccc(C(C)=O)nc1Cl. The second-order valence-corrected chi connectivity index (χ2v) is 4.77. The Bertz CT molecular complexity index is 549. The number of carbonyl (C=O) groups is 1. The van der Waals surface area contributed by atoms with Crippen molar-refractivity contribution in [2.45, 2.75) is 25.8 Å². The van der Waals surface area contributed by atoms with E-state index in [2.05, 4.69) is 17.6 Å². The van der Waals surface area contributed by atoms with Gasteiger partial charge in [-0.15, -0.1) is 0 Å². The molecule has 1 atom stereocenters. The molecule has 0 fully saturated rings. The predicted molar refractivity (Wildman–Crippen MR) is 72.6 cm³/mol. The minimum Gasteiger partial charge on any atom is -0.320 e. The molecule has 94 valence electrons. The van der Waals surface area contributed by atoms with Crippen LogP contribution in [0.3, 0.4) is 0 Å². The van der Waals surface area contributed by atoms with Gasteiger partial charge in [0.05, 0.1) is 6.04 Å². The Balaban J connectivity index is 2.34. The molecule has 1 heterocycles. The molecule has 0 aromatic carbocycles. The van der Waals surface area contributed by atoms with Crippen molar-refractivity contribution in [2.75, 3.05) is 0 Å². The van der Waals surface area contributed by atoms with Crippen LogP contribution in [-0.2, 0) is 0 Å². The van der Waals surface area contributed by atoms with E-state index >= 15 is 0 Å². The van der Waals surface area contributed by atoms with Gasteiger partial charge in [-0.2, -0.15) is 0 Å². The molecule has 1 aromatic rings. The van der Waals surface area contributed by atoms with Crippen LogP contribution in [0, 0.1) is 0 Å². The second kappa shape index (κ2) is 5.04. The van der Waals surface area contributed by atoms with Crippen molar-refractivity contribution < 1.29 is 4.79 Å². The summed E-state index contributed by atoms with van der Waals surface area (Å²) in [7, 11) is 0. The fourth-order valence-electron chi connectivity index (χ4n) is 2.08. The number of pyridine rings is 1. The number of ketones is 1. The highest BCUT2D eigenvalue weighted by Crippen LogP contribution is 2.34. The predicted octanol–water partition coefficient (Wildman–Crippen LogP) is 3.21. The van der Waals surface area contributed by atoms with Gasteiger partial charge >= 0.3 is 0 Å². The highest BCUT2D eigenvalue weighted by Gasteiger charge is 2.21. The lowest BCUT2D eigenvalue weighted by Gasteiger charge is -2.16. The number of nitrogens with zero attached hydrogens (tertiary/aromatic N) is 1. The number of carbonyl (C=O) groups excluding carboxylic acids is 1. The summed E-state index contributed by atoms with van der Waals surface area (Å²) in [6.07, 6.45) is 4.00. The van der Waals surface area contributed by atoms with Crippen molar-refractivity contribution in [1.82, 2.24) is 4.98 Å². The first-order valence-corrected chi connectivity index (χ1v) is 6.19. The molecule has 1 aliphatic rings. The highest BCUT2D eigenvalue weighted by molar-refractivity contribution is 6.30. The number of halogens is 1. The quantitative estimate of drug-likeness (QED) is 0.672. The first-order chi connectivity index (χ1) is 8.50. The normalized spacial score (nSPS) is 16.6. The molecule has 0 amide bonds. The van der Waals surface area contributed by atoms with Gasteiger partial charge in [0.2, 0.25) is 0 Å². The zero-order chi connectivity index (χ0) is 13.3. The van der Waals surface area contributed by atoms with Gasteiger partial charge in [0, 0.05) is 12.5 Å². The number of nitrogens with two attached hydrogens (primary N) is 1. The number of hydrogen-bond donors (Lipinski definition) is 1. The third-order valence-corrected chi connectivity index (χ3v) is 3.43. The molecule has 0 radical (unpaired) electrons. The maximum atomic E-state index is 11.2. The summed E-state index contributed by atoms with van der Waals surface area (Å²) in [5, 5.41) is 0.288. The van der Waals surface area contributed by atoms with Crippen LogP contribution in [-0.4, -0.2) is 10.8 Å². The number of aromatic nitrogens is 1. The van der Waals surface area contributed by atoms with Gasteiger partial charge in [0.25, 0.3) is 0 Å². The Morgan fingerprint density at radius 2 is 2.28 bits per heavy atom. The van der Waals surface area contributed by atoms with Crippen molar-refractivity contribution in [2.24, 2.45) is 5.73 Å². The lowest BCUT2D eigenvalue weighted by Crippen LogP contribution is -2.15. The Hall–Kier alpha value is -1.45. The third-order valence-electron chi connectivity index (χ3n) is 3.13. The highest BCUT2D eigenvalue weighted by atomic mass is 35.5. The fourth-order valence-corrected chi connectivity index (χ4v) is 2.35. The standard InChI is InChI=1S/C14H15ClN2O/c1-8-4-3-5-10(8)13(16)11-6-7-12(9(2)18)17-14(11)15/h5-7,13H,1,3-4,16H2,2H3. The molecule has 2 N–H and O–H groups in total. The van der Waals surface area contributed by atoms with E-state index in [9.17, 15) is 4.79 Å². The first kappa shape index (κ1) is 13.0. The molecule has 18 heavy (non-hydrogen) atoms. The molecule has 0 aliphatic heterocycles. The zero-order valence-corrected chi connectivity index (χ0v) is 11.0. The maximum Gasteiger partial charge on any atom is 0.178 e. The molecule has 0 bridgehead atoms. The molecule has 1 aliphatic carbocycles. The van der Waals surface area contributed by atoms with Crippen molar-refractivity contribution in [1.29, 1.82) is 0 Å². The van der Waals surface area contributed by atoms with Crippen molar-refractivity contribution in [3.05, 3.63) is 52.3 Å². The summed E-state index contributed by atoms with van der Waals surface area (Å²) >= 11 is 6.09. The molecule has 0 saturated carbocycles. The van der Waals surface area contributed by atoms with E-state index in [1.165, 1.54) is 6.92 Å².